The van der Waals surface area contributed by atoms with Crippen LogP contribution in [0.1, 0.15) is 34.1 Å². The van der Waals surface area contributed by atoms with Crippen LogP contribution in [0.2, 0.25) is 0 Å². The summed E-state index contributed by atoms with van der Waals surface area (Å²) < 4.78 is 0. The van der Waals surface area contributed by atoms with Gasteiger partial charge in [-0.3, -0.25) is 9.78 Å². The lowest BCUT2D eigenvalue weighted by molar-refractivity contribution is 0.0926. The van der Waals surface area contributed by atoms with Gasteiger partial charge >= 0.3 is 0 Å². The van der Waals surface area contributed by atoms with Gasteiger partial charge < -0.3 is 15.1 Å². The van der Waals surface area contributed by atoms with E-state index in [9.17, 15) is 4.79 Å². The second kappa shape index (κ2) is 5.39. The van der Waals surface area contributed by atoms with Crippen molar-refractivity contribution in [1.82, 2.24) is 10.3 Å². The highest BCUT2D eigenvalue weighted by molar-refractivity contribution is 6.13. The van der Waals surface area contributed by atoms with Crippen LogP contribution < -0.4 is 10.2 Å². The first-order chi connectivity index (χ1) is 11.3. The van der Waals surface area contributed by atoms with Crippen molar-refractivity contribution in [3.63, 3.8) is 0 Å². The minimum atomic E-state index is -0.214. The number of hydrogen-bond donors (Lipinski definition) is 1. The predicted molar refractivity (Wildman–Crippen MR) is 86.4 cm³/mol. The average molecular weight is 308 g/mol. The summed E-state index contributed by atoms with van der Waals surface area (Å²) >= 11 is 0. The standard InChI is InChI=1S/C17H16N4O2/c1-23-20-14-7-9-21-15-12(14)5-2-6-13(15)17(22)19-16(21)11-4-3-8-18-10-11/h2-6,8,10,16H,7,9H2,1H3,(H,19,22). The first-order valence-corrected chi connectivity index (χ1v) is 7.50. The molecule has 2 aromatic rings. The first-order valence-electron chi connectivity index (χ1n) is 7.50. The van der Waals surface area contributed by atoms with Crippen LogP contribution in [0.3, 0.4) is 0 Å². The van der Waals surface area contributed by atoms with Crippen molar-refractivity contribution >= 4 is 17.3 Å². The van der Waals surface area contributed by atoms with Gasteiger partial charge in [0.1, 0.15) is 13.3 Å². The largest absolute Gasteiger partial charge is 0.399 e. The van der Waals surface area contributed by atoms with Crippen molar-refractivity contribution in [2.75, 3.05) is 18.6 Å². The van der Waals surface area contributed by atoms with Gasteiger partial charge in [0, 0.05) is 36.5 Å². The zero-order chi connectivity index (χ0) is 15.8. The minimum Gasteiger partial charge on any atom is -0.399 e. The van der Waals surface area contributed by atoms with Gasteiger partial charge in [-0.05, 0) is 12.1 Å². The topological polar surface area (TPSA) is 66.8 Å². The number of carbonyl (C=O) groups is 1. The second-order valence-electron chi connectivity index (χ2n) is 5.53. The molecule has 3 heterocycles. The molecule has 1 aromatic carbocycles. The fourth-order valence-electron chi connectivity index (χ4n) is 3.29. The Morgan fingerprint density at radius 1 is 1.30 bits per heavy atom. The summed E-state index contributed by atoms with van der Waals surface area (Å²) in [6.45, 7) is 0.756. The molecule has 2 aliphatic rings. The van der Waals surface area contributed by atoms with E-state index in [1.54, 1.807) is 19.5 Å². The number of rotatable bonds is 2. The third-order valence-corrected chi connectivity index (χ3v) is 4.25. The van der Waals surface area contributed by atoms with Crippen LogP contribution in [0.5, 0.6) is 0 Å². The number of oxime groups is 1. The number of amides is 1. The van der Waals surface area contributed by atoms with Crippen molar-refractivity contribution in [1.29, 1.82) is 0 Å². The summed E-state index contributed by atoms with van der Waals surface area (Å²) in [6.07, 6.45) is 4.07. The molecule has 6 nitrogen and oxygen atoms in total. The zero-order valence-corrected chi connectivity index (χ0v) is 12.7. The van der Waals surface area contributed by atoms with E-state index < -0.39 is 0 Å². The third-order valence-electron chi connectivity index (χ3n) is 4.25. The number of pyridine rings is 1. The van der Waals surface area contributed by atoms with Crippen molar-refractivity contribution in [3.05, 3.63) is 59.4 Å². The van der Waals surface area contributed by atoms with Gasteiger partial charge in [-0.25, -0.2) is 0 Å². The average Bonchev–Trinajstić information content (AvgIpc) is 2.60. The number of nitrogens with one attached hydrogen (secondary N) is 1. The molecule has 0 bridgehead atoms. The summed E-state index contributed by atoms with van der Waals surface area (Å²) in [5.41, 5.74) is 4.39. The Morgan fingerprint density at radius 2 is 2.17 bits per heavy atom. The van der Waals surface area contributed by atoms with Gasteiger partial charge in [-0.1, -0.05) is 23.4 Å². The highest BCUT2D eigenvalue weighted by atomic mass is 16.6. The van der Waals surface area contributed by atoms with Crippen LogP contribution in [0.4, 0.5) is 5.69 Å². The molecular formula is C17H16N4O2. The molecule has 0 aliphatic carbocycles. The normalized spacial score (nSPS) is 20.9. The first kappa shape index (κ1) is 13.8. The molecule has 0 radical (unpaired) electrons. The van der Waals surface area contributed by atoms with Crippen molar-refractivity contribution < 1.29 is 9.63 Å². The molecule has 0 fully saturated rings. The Hall–Kier alpha value is -2.89. The highest BCUT2D eigenvalue weighted by Crippen LogP contribution is 2.39. The van der Waals surface area contributed by atoms with Gasteiger partial charge in [-0.2, -0.15) is 0 Å². The molecule has 0 saturated carbocycles. The molecule has 0 saturated heterocycles. The monoisotopic (exact) mass is 308 g/mol. The lowest BCUT2D eigenvalue weighted by Crippen LogP contribution is -2.49. The number of hydrogen-bond acceptors (Lipinski definition) is 5. The molecule has 1 N–H and O–H groups in total. The second-order valence-corrected chi connectivity index (χ2v) is 5.53. The lowest BCUT2D eigenvalue weighted by Gasteiger charge is -2.42. The zero-order valence-electron chi connectivity index (χ0n) is 12.7. The predicted octanol–water partition coefficient (Wildman–Crippen LogP) is 2.08. The maximum atomic E-state index is 12.5. The van der Waals surface area contributed by atoms with Crippen molar-refractivity contribution in [2.24, 2.45) is 5.16 Å². The molecule has 1 atom stereocenters. The van der Waals surface area contributed by atoms with Crippen molar-refractivity contribution in [2.45, 2.75) is 12.6 Å². The number of benzene rings is 1. The van der Waals surface area contributed by atoms with E-state index in [-0.39, 0.29) is 12.1 Å². The molecule has 6 heteroatoms. The number of carbonyl (C=O) groups excluding carboxylic acids is 1. The van der Waals surface area contributed by atoms with Gasteiger partial charge in [-0.15, -0.1) is 0 Å². The quantitative estimate of drug-likeness (QED) is 0.863. The van der Waals surface area contributed by atoms with Crippen LogP contribution in [0.15, 0.2) is 47.9 Å². The van der Waals surface area contributed by atoms with Gasteiger partial charge in [0.05, 0.1) is 17.0 Å². The smallest absolute Gasteiger partial charge is 0.255 e. The SMILES string of the molecule is CON=C1CCN2c3c(cccc31)C(=O)NC2c1cccnc1. The number of anilines is 1. The van der Waals surface area contributed by atoms with E-state index in [1.165, 1.54) is 0 Å². The van der Waals surface area contributed by atoms with E-state index in [4.69, 9.17) is 4.84 Å². The van der Waals surface area contributed by atoms with Crippen LogP contribution in [-0.2, 0) is 4.84 Å². The van der Waals surface area contributed by atoms with E-state index in [2.05, 4.69) is 20.4 Å². The van der Waals surface area contributed by atoms with E-state index in [1.807, 2.05) is 30.3 Å². The Morgan fingerprint density at radius 3 is 2.96 bits per heavy atom. The lowest BCUT2D eigenvalue weighted by atomic mass is 9.92. The molecule has 2 aliphatic heterocycles. The highest BCUT2D eigenvalue weighted by Gasteiger charge is 2.37. The summed E-state index contributed by atoms with van der Waals surface area (Å²) in [4.78, 5) is 23.9. The van der Waals surface area contributed by atoms with E-state index >= 15 is 0 Å². The summed E-state index contributed by atoms with van der Waals surface area (Å²) in [6, 6.07) is 9.57. The van der Waals surface area contributed by atoms with Gasteiger partial charge in [0.25, 0.3) is 5.91 Å². The number of aromatic nitrogens is 1. The summed E-state index contributed by atoms with van der Waals surface area (Å²) in [5, 5.41) is 7.20. The number of para-hydroxylation sites is 1. The fourth-order valence-corrected chi connectivity index (χ4v) is 3.29. The Balaban J connectivity index is 1.87. The minimum absolute atomic E-state index is 0.0781. The maximum Gasteiger partial charge on any atom is 0.255 e. The summed E-state index contributed by atoms with van der Waals surface area (Å²) in [7, 11) is 1.54. The van der Waals surface area contributed by atoms with Gasteiger partial charge in [0.2, 0.25) is 0 Å². The fraction of sp³-hybridized carbons (Fsp3) is 0.235. The Labute approximate surface area is 133 Å². The molecule has 0 spiro atoms. The van der Waals surface area contributed by atoms with Crippen LogP contribution in [-0.4, -0.2) is 30.3 Å². The van der Waals surface area contributed by atoms with E-state index in [0.717, 1.165) is 35.5 Å². The molecule has 116 valence electrons. The van der Waals surface area contributed by atoms with E-state index in [0.29, 0.717) is 5.56 Å². The molecule has 4 rings (SSSR count). The molecule has 1 amide bonds. The van der Waals surface area contributed by atoms with Crippen LogP contribution >= 0.6 is 0 Å². The van der Waals surface area contributed by atoms with Crippen molar-refractivity contribution in [3.8, 4) is 0 Å². The third kappa shape index (κ3) is 2.14. The molecule has 1 unspecified atom stereocenters. The molecular weight excluding hydrogens is 292 g/mol. The maximum absolute atomic E-state index is 12.5. The number of nitrogens with zero attached hydrogens (tertiary/aromatic N) is 3. The summed E-state index contributed by atoms with van der Waals surface area (Å²) in [5.74, 6) is -0.0781. The Kier molecular flexibility index (Phi) is 3.22. The molecule has 23 heavy (non-hydrogen) atoms. The molecule has 1 aromatic heterocycles. The van der Waals surface area contributed by atoms with Crippen LogP contribution in [0.25, 0.3) is 0 Å². The van der Waals surface area contributed by atoms with Gasteiger partial charge in [0.15, 0.2) is 0 Å². The Bertz CT molecular complexity index is 788. The van der Waals surface area contributed by atoms with Crippen LogP contribution in [0, 0.1) is 0 Å².